The smallest absolute Gasteiger partial charge is 0.305 e. The Bertz CT molecular complexity index is 1140. The predicted octanol–water partition coefficient (Wildman–Crippen LogP) is 21.0. The lowest BCUT2D eigenvalue weighted by atomic mass is 10.0. The van der Waals surface area contributed by atoms with Crippen LogP contribution in [0.25, 0.3) is 0 Å². The Balaban J connectivity index is 3.32. The fraction of sp³-hybridized carbons (Fsp3) is 0.910. The number of aliphatic hydroxyl groups excluding tert-OH is 2. The molecule has 0 bridgehead atoms. The molecule has 0 saturated heterocycles. The zero-order valence-corrected chi connectivity index (χ0v) is 49.4. The Morgan fingerprint density at radius 1 is 0.370 bits per heavy atom. The Hall–Kier alpha value is -1.66. The maximum absolute atomic E-state index is 12.4. The molecule has 0 aromatic heterocycles. The molecule has 0 rings (SSSR count). The van der Waals surface area contributed by atoms with Crippen LogP contribution in [0.4, 0.5) is 0 Å². The summed E-state index contributed by atoms with van der Waals surface area (Å²) in [4.78, 5) is 24.5. The van der Waals surface area contributed by atoms with Crippen LogP contribution in [0.5, 0.6) is 0 Å². The minimum Gasteiger partial charge on any atom is -0.466 e. The van der Waals surface area contributed by atoms with Gasteiger partial charge in [0.15, 0.2) is 0 Å². The van der Waals surface area contributed by atoms with Crippen LogP contribution < -0.4 is 5.32 Å². The van der Waals surface area contributed by atoms with Gasteiger partial charge in [-0.05, 0) is 77.0 Å². The van der Waals surface area contributed by atoms with Crippen molar-refractivity contribution < 1.29 is 24.5 Å². The molecule has 0 heterocycles. The third-order valence-corrected chi connectivity index (χ3v) is 15.5. The normalized spacial score (nSPS) is 12.7. The van der Waals surface area contributed by atoms with E-state index in [1.54, 1.807) is 0 Å². The van der Waals surface area contributed by atoms with Crippen LogP contribution in [0.1, 0.15) is 367 Å². The first-order chi connectivity index (χ1) is 36.0. The largest absolute Gasteiger partial charge is 0.466 e. The first-order valence-electron chi connectivity index (χ1n) is 33.1. The van der Waals surface area contributed by atoms with Crippen LogP contribution in [0.3, 0.4) is 0 Å². The number of hydrogen-bond acceptors (Lipinski definition) is 5. The van der Waals surface area contributed by atoms with Gasteiger partial charge in [0.2, 0.25) is 5.91 Å². The second-order valence-electron chi connectivity index (χ2n) is 22.8. The molecule has 3 N–H and O–H groups in total. The summed E-state index contributed by atoms with van der Waals surface area (Å²) in [6.07, 6.45) is 78.0. The van der Waals surface area contributed by atoms with E-state index < -0.39 is 12.1 Å². The first-order valence-corrected chi connectivity index (χ1v) is 33.1. The number of carbonyl (C=O) groups excluding carboxylic acids is 2. The second-order valence-corrected chi connectivity index (χ2v) is 22.8. The van der Waals surface area contributed by atoms with Crippen molar-refractivity contribution >= 4 is 11.9 Å². The molecule has 2 atom stereocenters. The molecule has 0 aliphatic carbocycles. The van der Waals surface area contributed by atoms with E-state index in [-0.39, 0.29) is 18.5 Å². The standard InChI is InChI=1S/C67H129NO5/c1-3-5-7-9-11-13-14-15-16-31-35-38-41-45-49-53-57-61-67(72)73-62-58-54-50-46-42-39-36-33-30-28-26-24-22-20-18-17-19-21-23-25-27-29-32-34-37-40-44-48-52-56-60-66(71)68-64(63-69)65(70)59-55-51-47-43-12-10-8-6-4-2/h15-16,18,20,64-65,69-70H,3-14,17,19,21-63H2,1-2H3,(H,68,71)/b16-15-,20-18-. The molecule has 0 aromatic rings. The van der Waals surface area contributed by atoms with Gasteiger partial charge in [-0.2, -0.15) is 0 Å². The van der Waals surface area contributed by atoms with Crippen LogP contribution in [0.2, 0.25) is 0 Å². The summed E-state index contributed by atoms with van der Waals surface area (Å²) in [5.74, 6) is -0.0205. The molecule has 0 aliphatic rings. The predicted molar refractivity (Wildman–Crippen MR) is 320 cm³/mol. The van der Waals surface area contributed by atoms with E-state index in [4.69, 9.17) is 4.74 Å². The summed E-state index contributed by atoms with van der Waals surface area (Å²) in [5.41, 5.74) is 0. The van der Waals surface area contributed by atoms with Gasteiger partial charge in [0.25, 0.3) is 0 Å². The summed E-state index contributed by atoms with van der Waals surface area (Å²) in [6, 6.07) is -0.538. The van der Waals surface area contributed by atoms with Crippen molar-refractivity contribution in [2.75, 3.05) is 13.2 Å². The fourth-order valence-corrected chi connectivity index (χ4v) is 10.4. The number of carbonyl (C=O) groups is 2. The minimum absolute atomic E-state index is 0.0141. The molecule has 432 valence electrons. The third-order valence-electron chi connectivity index (χ3n) is 15.5. The van der Waals surface area contributed by atoms with E-state index in [2.05, 4.69) is 43.5 Å². The first kappa shape index (κ1) is 71.3. The van der Waals surface area contributed by atoms with E-state index in [0.717, 1.165) is 44.9 Å². The molecule has 0 aromatic carbocycles. The second kappa shape index (κ2) is 62.9. The van der Waals surface area contributed by atoms with Crippen molar-refractivity contribution in [1.29, 1.82) is 0 Å². The molecule has 1 amide bonds. The third kappa shape index (κ3) is 59.4. The van der Waals surface area contributed by atoms with E-state index in [9.17, 15) is 19.8 Å². The Kier molecular flexibility index (Phi) is 61.4. The van der Waals surface area contributed by atoms with Crippen molar-refractivity contribution in [3.8, 4) is 0 Å². The van der Waals surface area contributed by atoms with Gasteiger partial charge < -0.3 is 20.3 Å². The molecule has 0 saturated carbocycles. The summed E-state index contributed by atoms with van der Waals surface area (Å²) in [6.45, 7) is 4.95. The van der Waals surface area contributed by atoms with Crippen LogP contribution in [0.15, 0.2) is 24.3 Å². The molecule has 0 aliphatic heterocycles. The highest BCUT2D eigenvalue weighted by Crippen LogP contribution is 2.18. The molecule has 0 fully saturated rings. The Morgan fingerprint density at radius 2 is 0.644 bits per heavy atom. The molecule has 0 radical (unpaired) electrons. The average Bonchev–Trinajstić information content (AvgIpc) is 3.39. The summed E-state index contributed by atoms with van der Waals surface area (Å²) in [5, 5.41) is 23.1. The van der Waals surface area contributed by atoms with Crippen LogP contribution in [-0.4, -0.2) is 47.4 Å². The highest BCUT2D eigenvalue weighted by Gasteiger charge is 2.20. The van der Waals surface area contributed by atoms with Crippen molar-refractivity contribution in [2.45, 2.75) is 379 Å². The van der Waals surface area contributed by atoms with Gasteiger partial charge in [-0.25, -0.2) is 0 Å². The minimum atomic E-state index is -0.660. The van der Waals surface area contributed by atoms with Crippen molar-refractivity contribution in [2.24, 2.45) is 0 Å². The lowest BCUT2D eigenvalue weighted by molar-refractivity contribution is -0.143. The van der Waals surface area contributed by atoms with E-state index in [0.29, 0.717) is 25.9 Å². The number of aliphatic hydroxyl groups is 2. The lowest BCUT2D eigenvalue weighted by Gasteiger charge is -2.22. The van der Waals surface area contributed by atoms with Crippen molar-refractivity contribution in [3.05, 3.63) is 24.3 Å². The number of hydrogen-bond donors (Lipinski definition) is 3. The van der Waals surface area contributed by atoms with Crippen LogP contribution in [-0.2, 0) is 14.3 Å². The molecule has 6 heteroatoms. The monoisotopic (exact) mass is 1030 g/mol. The van der Waals surface area contributed by atoms with Gasteiger partial charge in [-0.3, -0.25) is 9.59 Å². The van der Waals surface area contributed by atoms with Gasteiger partial charge in [0.1, 0.15) is 0 Å². The Morgan fingerprint density at radius 3 is 0.973 bits per heavy atom. The Labute approximate surface area is 456 Å². The molecular weight excluding hydrogens is 899 g/mol. The summed E-state index contributed by atoms with van der Waals surface area (Å²) >= 11 is 0. The van der Waals surface area contributed by atoms with E-state index in [1.807, 2.05) is 0 Å². The number of nitrogens with one attached hydrogen (secondary N) is 1. The molecule has 0 spiro atoms. The van der Waals surface area contributed by atoms with Gasteiger partial charge >= 0.3 is 5.97 Å². The summed E-state index contributed by atoms with van der Waals surface area (Å²) < 4.78 is 5.50. The molecule has 6 nitrogen and oxygen atoms in total. The van der Waals surface area contributed by atoms with E-state index in [1.165, 1.54) is 289 Å². The number of ether oxygens (including phenoxy) is 1. The van der Waals surface area contributed by atoms with Crippen molar-refractivity contribution in [1.82, 2.24) is 5.32 Å². The van der Waals surface area contributed by atoms with Crippen molar-refractivity contribution in [3.63, 3.8) is 0 Å². The number of rotatable bonds is 62. The van der Waals surface area contributed by atoms with Gasteiger partial charge in [-0.1, -0.05) is 301 Å². The molecule has 2 unspecified atom stereocenters. The van der Waals surface area contributed by atoms with Gasteiger partial charge in [0, 0.05) is 12.8 Å². The number of allylic oxidation sites excluding steroid dienone is 4. The number of unbranched alkanes of at least 4 members (excludes halogenated alkanes) is 47. The van der Waals surface area contributed by atoms with Gasteiger partial charge in [-0.15, -0.1) is 0 Å². The van der Waals surface area contributed by atoms with E-state index >= 15 is 0 Å². The van der Waals surface area contributed by atoms with Crippen LogP contribution in [0, 0.1) is 0 Å². The SMILES string of the molecule is CCCCCCCC/C=C\CCCCCCCCCC(=O)OCCCCCCCCCCCCCC/C=C\CCCCCCCCCCCCCCCCC(=O)NC(CO)C(O)CCCCCCCCCCC. The number of esters is 1. The quantitative estimate of drug-likeness (QED) is 0.0320. The summed E-state index contributed by atoms with van der Waals surface area (Å²) in [7, 11) is 0. The zero-order chi connectivity index (χ0) is 52.9. The maximum atomic E-state index is 12.4. The average molecular weight is 1030 g/mol. The zero-order valence-electron chi connectivity index (χ0n) is 49.4. The fourth-order valence-electron chi connectivity index (χ4n) is 10.4. The highest BCUT2D eigenvalue weighted by molar-refractivity contribution is 5.76. The molecular formula is C67H129NO5. The maximum Gasteiger partial charge on any atom is 0.305 e. The van der Waals surface area contributed by atoms with Gasteiger partial charge in [0.05, 0.1) is 25.4 Å². The topological polar surface area (TPSA) is 95.9 Å². The van der Waals surface area contributed by atoms with Crippen LogP contribution >= 0.6 is 0 Å². The number of amides is 1. The highest BCUT2D eigenvalue weighted by atomic mass is 16.5. The molecule has 73 heavy (non-hydrogen) atoms. The lowest BCUT2D eigenvalue weighted by Crippen LogP contribution is -2.45.